The van der Waals surface area contributed by atoms with Crippen molar-refractivity contribution in [3.05, 3.63) is 89.5 Å². The molecule has 0 bridgehead atoms. The third kappa shape index (κ3) is 6.63. The SMILES string of the molecule is COc1ccc(C(=O)Nc2ccc(NC(=S)NC(=O)c3ccc(C(C)(C)C)cc3)cc2)cc1. The first-order chi connectivity index (χ1) is 15.7. The van der Waals surface area contributed by atoms with Gasteiger partial charge in [0.2, 0.25) is 0 Å². The van der Waals surface area contributed by atoms with Gasteiger partial charge in [-0.15, -0.1) is 0 Å². The second-order valence-corrected chi connectivity index (χ2v) is 8.90. The molecule has 0 saturated carbocycles. The van der Waals surface area contributed by atoms with Crippen molar-refractivity contribution in [2.24, 2.45) is 0 Å². The molecule has 0 fully saturated rings. The Hall–Kier alpha value is -3.71. The van der Waals surface area contributed by atoms with Gasteiger partial charge in [0.1, 0.15) is 5.75 Å². The zero-order chi connectivity index (χ0) is 24.0. The van der Waals surface area contributed by atoms with Crippen molar-refractivity contribution in [1.82, 2.24) is 5.32 Å². The second kappa shape index (κ2) is 10.3. The highest BCUT2D eigenvalue weighted by Gasteiger charge is 2.15. The van der Waals surface area contributed by atoms with Gasteiger partial charge in [-0.25, -0.2) is 0 Å². The monoisotopic (exact) mass is 461 g/mol. The number of carbonyl (C=O) groups is 2. The third-order valence-electron chi connectivity index (χ3n) is 4.99. The van der Waals surface area contributed by atoms with Gasteiger partial charge in [0.25, 0.3) is 11.8 Å². The van der Waals surface area contributed by atoms with Gasteiger partial charge in [-0.05, 0) is 83.9 Å². The van der Waals surface area contributed by atoms with Crippen LogP contribution in [0.1, 0.15) is 47.1 Å². The fourth-order valence-corrected chi connectivity index (χ4v) is 3.25. The van der Waals surface area contributed by atoms with Gasteiger partial charge in [-0.3, -0.25) is 14.9 Å². The fourth-order valence-electron chi connectivity index (χ4n) is 3.04. The number of thiocarbonyl (C=S) groups is 1. The summed E-state index contributed by atoms with van der Waals surface area (Å²) in [6.07, 6.45) is 0. The molecule has 3 rings (SSSR count). The quantitative estimate of drug-likeness (QED) is 0.445. The van der Waals surface area contributed by atoms with Crippen LogP contribution in [0.5, 0.6) is 5.75 Å². The molecule has 2 amide bonds. The summed E-state index contributed by atoms with van der Waals surface area (Å²) in [5.41, 5.74) is 3.55. The smallest absolute Gasteiger partial charge is 0.257 e. The lowest BCUT2D eigenvalue weighted by molar-refractivity contribution is 0.0976. The highest BCUT2D eigenvalue weighted by Crippen LogP contribution is 2.22. The molecule has 0 atom stereocenters. The molecular formula is C26H27N3O3S. The van der Waals surface area contributed by atoms with Gasteiger partial charge < -0.3 is 15.4 Å². The van der Waals surface area contributed by atoms with Crippen LogP contribution in [0.4, 0.5) is 11.4 Å². The van der Waals surface area contributed by atoms with Gasteiger partial charge in [0.15, 0.2) is 5.11 Å². The van der Waals surface area contributed by atoms with E-state index >= 15 is 0 Å². The van der Waals surface area contributed by atoms with Crippen molar-refractivity contribution in [3.8, 4) is 5.75 Å². The van der Waals surface area contributed by atoms with E-state index in [0.29, 0.717) is 28.3 Å². The number of amides is 2. The molecule has 0 heterocycles. The first kappa shape index (κ1) is 23.9. The van der Waals surface area contributed by atoms with Gasteiger partial charge in [-0.1, -0.05) is 32.9 Å². The molecule has 170 valence electrons. The van der Waals surface area contributed by atoms with Crippen molar-refractivity contribution in [1.29, 1.82) is 0 Å². The Morgan fingerprint density at radius 3 is 1.73 bits per heavy atom. The molecule has 0 radical (unpaired) electrons. The molecule has 3 aromatic carbocycles. The molecule has 7 heteroatoms. The number of methoxy groups -OCH3 is 1. The minimum absolute atomic E-state index is 0.0200. The maximum absolute atomic E-state index is 12.5. The molecule has 6 nitrogen and oxygen atoms in total. The highest BCUT2D eigenvalue weighted by molar-refractivity contribution is 7.80. The molecule has 0 spiro atoms. The van der Waals surface area contributed by atoms with E-state index in [-0.39, 0.29) is 22.3 Å². The summed E-state index contributed by atoms with van der Waals surface area (Å²) in [5, 5.41) is 8.68. The first-order valence-electron chi connectivity index (χ1n) is 10.4. The summed E-state index contributed by atoms with van der Waals surface area (Å²) >= 11 is 5.26. The molecule has 3 N–H and O–H groups in total. The van der Waals surface area contributed by atoms with E-state index in [0.717, 1.165) is 5.56 Å². The number of anilines is 2. The van der Waals surface area contributed by atoms with Crippen molar-refractivity contribution in [3.63, 3.8) is 0 Å². The number of benzene rings is 3. The summed E-state index contributed by atoms with van der Waals surface area (Å²) in [6, 6.07) is 21.4. The van der Waals surface area contributed by atoms with Crippen LogP contribution in [0.25, 0.3) is 0 Å². The molecule has 0 unspecified atom stereocenters. The van der Waals surface area contributed by atoms with Crippen LogP contribution in [0.3, 0.4) is 0 Å². The molecule has 0 saturated heterocycles. The van der Waals surface area contributed by atoms with Crippen LogP contribution < -0.4 is 20.7 Å². The van der Waals surface area contributed by atoms with Crippen LogP contribution in [0.2, 0.25) is 0 Å². The third-order valence-corrected chi connectivity index (χ3v) is 5.20. The molecular weight excluding hydrogens is 434 g/mol. The lowest BCUT2D eigenvalue weighted by Crippen LogP contribution is -2.34. The molecule has 0 aliphatic rings. The lowest BCUT2D eigenvalue weighted by Gasteiger charge is -2.19. The first-order valence-corrected chi connectivity index (χ1v) is 10.8. The van der Waals surface area contributed by atoms with Crippen LogP contribution in [-0.4, -0.2) is 24.0 Å². The van der Waals surface area contributed by atoms with Gasteiger partial charge >= 0.3 is 0 Å². The van der Waals surface area contributed by atoms with E-state index < -0.39 is 0 Å². The zero-order valence-electron chi connectivity index (χ0n) is 19.1. The van der Waals surface area contributed by atoms with E-state index in [1.165, 1.54) is 0 Å². The Morgan fingerprint density at radius 2 is 1.21 bits per heavy atom. The number of ether oxygens (including phenoxy) is 1. The summed E-state index contributed by atoms with van der Waals surface area (Å²) in [6.45, 7) is 6.37. The molecule has 3 aromatic rings. The van der Waals surface area contributed by atoms with Crippen LogP contribution in [0.15, 0.2) is 72.8 Å². The minimum atomic E-state index is -0.281. The predicted molar refractivity (Wildman–Crippen MR) is 136 cm³/mol. The van der Waals surface area contributed by atoms with Gasteiger partial charge in [-0.2, -0.15) is 0 Å². The average molecular weight is 462 g/mol. The molecule has 0 aromatic heterocycles. The standard InChI is InChI=1S/C26H27N3O3S/c1-26(2,3)19-9-5-17(6-10-19)24(31)29-25(33)28-21-13-11-20(12-14-21)27-23(30)18-7-15-22(32-4)16-8-18/h5-16H,1-4H3,(H,27,30)(H2,28,29,31,33). The number of hydrogen-bond donors (Lipinski definition) is 3. The summed E-state index contributed by atoms with van der Waals surface area (Å²) in [7, 11) is 1.58. The Kier molecular flexibility index (Phi) is 7.45. The summed E-state index contributed by atoms with van der Waals surface area (Å²) < 4.78 is 5.10. The lowest BCUT2D eigenvalue weighted by atomic mass is 9.87. The summed E-state index contributed by atoms with van der Waals surface area (Å²) in [5.74, 6) is 0.182. The van der Waals surface area contributed by atoms with E-state index in [1.807, 2.05) is 12.1 Å². The number of rotatable bonds is 5. The maximum Gasteiger partial charge on any atom is 0.257 e. The molecule has 33 heavy (non-hydrogen) atoms. The van der Waals surface area contributed by atoms with E-state index in [1.54, 1.807) is 67.8 Å². The Bertz CT molecular complexity index is 1130. The topological polar surface area (TPSA) is 79.5 Å². The molecule has 0 aliphatic heterocycles. The van der Waals surface area contributed by atoms with E-state index in [4.69, 9.17) is 17.0 Å². The Labute approximate surface area is 199 Å². The number of carbonyl (C=O) groups excluding carboxylic acids is 2. The Balaban J connectivity index is 1.54. The molecule has 0 aliphatic carbocycles. The van der Waals surface area contributed by atoms with Crippen molar-refractivity contribution in [2.75, 3.05) is 17.7 Å². The zero-order valence-corrected chi connectivity index (χ0v) is 19.9. The highest BCUT2D eigenvalue weighted by atomic mass is 32.1. The second-order valence-electron chi connectivity index (χ2n) is 8.50. The number of nitrogens with one attached hydrogen (secondary N) is 3. The average Bonchev–Trinajstić information content (AvgIpc) is 2.79. The van der Waals surface area contributed by atoms with Gasteiger partial charge in [0.05, 0.1) is 7.11 Å². The number of hydrogen-bond acceptors (Lipinski definition) is 4. The summed E-state index contributed by atoms with van der Waals surface area (Å²) in [4.78, 5) is 24.8. The predicted octanol–water partition coefficient (Wildman–Crippen LogP) is 5.37. The van der Waals surface area contributed by atoms with Crippen LogP contribution in [-0.2, 0) is 5.41 Å². The minimum Gasteiger partial charge on any atom is -0.497 e. The fraction of sp³-hybridized carbons (Fsp3) is 0.192. The van der Waals surface area contributed by atoms with E-state index in [9.17, 15) is 9.59 Å². The van der Waals surface area contributed by atoms with Crippen molar-refractivity contribution < 1.29 is 14.3 Å². The van der Waals surface area contributed by atoms with Crippen LogP contribution >= 0.6 is 12.2 Å². The van der Waals surface area contributed by atoms with Crippen LogP contribution in [0, 0.1) is 0 Å². The largest absolute Gasteiger partial charge is 0.497 e. The van der Waals surface area contributed by atoms with E-state index in [2.05, 4.69) is 36.7 Å². The Morgan fingerprint density at radius 1 is 0.727 bits per heavy atom. The van der Waals surface area contributed by atoms with Gasteiger partial charge in [0, 0.05) is 22.5 Å². The normalized spacial score (nSPS) is 10.8. The van der Waals surface area contributed by atoms with Crippen molar-refractivity contribution >= 4 is 40.5 Å². The maximum atomic E-state index is 12.5. The van der Waals surface area contributed by atoms with Crippen molar-refractivity contribution in [2.45, 2.75) is 26.2 Å².